The van der Waals surface area contributed by atoms with E-state index in [9.17, 15) is 130 Å². The van der Waals surface area contributed by atoms with Gasteiger partial charge in [-0.25, -0.2) is 0 Å². The van der Waals surface area contributed by atoms with Gasteiger partial charge in [-0.05, 0) is 82.9 Å². The number of rotatable bonds is 18. The highest BCUT2D eigenvalue weighted by Gasteiger charge is 2.66. The first kappa shape index (κ1) is 80.5. The molecule has 6 aromatic rings. The van der Waals surface area contributed by atoms with Gasteiger partial charge in [0.1, 0.15) is 0 Å². The van der Waals surface area contributed by atoms with Gasteiger partial charge in [-0.2, -0.15) is 130 Å². The van der Waals surface area contributed by atoms with Gasteiger partial charge in [0, 0.05) is 42.5 Å². The summed E-state index contributed by atoms with van der Waals surface area (Å²) >= 11 is 0. The molecule has 1 heterocycles. The zero-order valence-corrected chi connectivity index (χ0v) is 55.6. The molecule has 522 valence electrons. The van der Waals surface area contributed by atoms with Gasteiger partial charge in [0.15, 0.2) is 0 Å². The van der Waals surface area contributed by atoms with E-state index in [1.54, 1.807) is 0 Å². The summed E-state index contributed by atoms with van der Waals surface area (Å²) in [5.41, 5.74) is -36.1. The van der Waals surface area contributed by atoms with Crippen LogP contribution in [0.2, 0.25) is 0 Å². The normalized spacial score (nSPS) is 13.9. The molecule has 0 saturated heterocycles. The van der Waals surface area contributed by atoms with Gasteiger partial charge >= 0.3 is 119 Å². The highest BCUT2D eigenvalue weighted by Crippen LogP contribution is 2.37. The molecule has 0 saturated carbocycles. The van der Waals surface area contributed by atoms with Crippen LogP contribution in [-0.2, 0) is 83.9 Å². The summed E-state index contributed by atoms with van der Waals surface area (Å²) in [5, 5.41) is -3.54. The Balaban J connectivity index is 0.000000300. The standard InChI is InChI=1S/C16H15F6NO6S2Si.2C16H14F6O6S2Si/c1-10-4-6-13(7-5-10)32(28-30(24,25)15(17,18)19,29-31(26,27)16(20,21)22)14-8-11(2)23-12(3)9-14;2*1-11-7-3-5-9-13(11)31(14-10-6-4-8-12(14)2,27-29(23,24)15(17,18)19)28-30(25,26)16(20,21)22/h4-9H,1-3H3;2*3-10H,1-2H3. The maximum atomic E-state index is 13.2. The molecule has 0 aliphatic carbocycles. The highest BCUT2D eigenvalue weighted by atomic mass is 32.2. The van der Waals surface area contributed by atoms with Gasteiger partial charge in [-0.3, -0.25) is 28.2 Å². The van der Waals surface area contributed by atoms with Crippen molar-refractivity contribution >= 4 is 118 Å². The number of aromatic nitrogens is 1. The first-order chi connectivity index (χ1) is 42.2. The maximum Gasteiger partial charge on any atom is 0.522 e. The molecule has 94 heavy (non-hydrogen) atoms. The van der Waals surface area contributed by atoms with E-state index in [0.29, 0.717) is 5.56 Å². The Kier molecular flexibility index (Phi) is 23.9. The lowest BCUT2D eigenvalue weighted by atomic mass is 10.2. The Hall–Kier alpha value is -5.90. The van der Waals surface area contributed by atoms with Crippen molar-refractivity contribution in [2.75, 3.05) is 0 Å². The van der Waals surface area contributed by atoms with E-state index >= 15 is 0 Å². The minimum Gasteiger partial charge on any atom is -0.267 e. The molecule has 0 amide bonds. The third-order valence-electron chi connectivity index (χ3n) is 12.0. The van der Waals surface area contributed by atoms with E-state index < -0.39 is 151 Å². The van der Waals surface area contributed by atoms with Crippen molar-refractivity contribution in [2.24, 2.45) is 0 Å². The number of alkyl halides is 18. The number of nitrogens with zero attached hydrogens (tertiary/aromatic N) is 1. The summed E-state index contributed by atoms with van der Waals surface area (Å²) in [6, 6.07) is 24.9. The van der Waals surface area contributed by atoms with Crippen molar-refractivity contribution in [1.82, 2.24) is 4.98 Å². The van der Waals surface area contributed by atoms with Crippen molar-refractivity contribution in [1.29, 1.82) is 0 Å². The van der Waals surface area contributed by atoms with Crippen LogP contribution in [0.25, 0.3) is 0 Å². The van der Waals surface area contributed by atoms with Crippen LogP contribution >= 0.6 is 0 Å². The molecule has 6 rings (SSSR count). The fourth-order valence-electron chi connectivity index (χ4n) is 7.83. The average Bonchev–Trinajstić information content (AvgIpc) is 0.748. The summed E-state index contributed by atoms with van der Waals surface area (Å²) in [6.45, 7) is 9.03. The monoisotopic (exact) mass is 1540 g/mol. The summed E-state index contributed by atoms with van der Waals surface area (Å²) in [5.74, 6) is 0. The van der Waals surface area contributed by atoms with Crippen LogP contribution < -0.4 is 31.1 Å². The average molecular weight is 1540 g/mol. The first-order valence-electron chi connectivity index (χ1n) is 24.6. The number of hydrogen-bond acceptors (Lipinski definition) is 19. The maximum absolute atomic E-state index is 13.2. The second-order valence-corrected chi connectivity index (χ2v) is 38.2. The summed E-state index contributed by atoms with van der Waals surface area (Å²) in [6.07, 6.45) is 0. The third-order valence-corrected chi connectivity index (χ3v) is 33.5. The zero-order valence-electron chi connectivity index (χ0n) is 47.8. The Bertz CT molecular complexity index is 4020. The van der Waals surface area contributed by atoms with Crippen LogP contribution in [0.4, 0.5) is 79.0 Å². The molecule has 0 aliphatic heterocycles. The fourth-order valence-corrected chi connectivity index (χ4v) is 29.0. The van der Waals surface area contributed by atoms with Gasteiger partial charge < -0.3 is 0 Å². The minimum absolute atomic E-state index is 0.0324. The number of pyridine rings is 1. The molecule has 0 atom stereocenters. The number of halogens is 18. The van der Waals surface area contributed by atoms with Gasteiger partial charge in [0.05, 0.1) is 0 Å². The molecule has 0 unspecified atom stereocenters. The van der Waals surface area contributed by atoms with Gasteiger partial charge in [0.25, 0.3) is 0 Å². The SMILES string of the molecule is Cc1ccc([Si](OS(=O)(=O)C(F)(F)F)(OS(=O)(=O)C(F)(F)F)c2cc(C)nc(C)c2)cc1.Cc1ccccc1[Si](OS(=O)(=O)C(F)(F)F)(OS(=O)(=O)C(F)(F)F)c1ccccc1C.Cc1ccccc1[Si](OS(=O)(=O)C(F)(F)F)(OS(=O)(=O)C(F)(F)F)c1ccccc1C. The van der Waals surface area contributed by atoms with Crippen molar-refractivity contribution < 1.29 is 153 Å². The van der Waals surface area contributed by atoms with E-state index in [1.165, 1.54) is 109 Å². The molecule has 5 aromatic carbocycles. The molecule has 0 fully saturated rings. The molecule has 0 spiro atoms. The second-order valence-electron chi connectivity index (χ2n) is 19.0. The van der Waals surface area contributed by atoms with E-state index in [-0.39, 0.29) is 33.6 Å². The predicted molar refractivity (Wildman–Crippen MR) is 301 cm³/mol. The molecule has 0 aliphatic rings. The molecule has 19 nitrogen and oxygen atoms in total. The summed E-state index contributed by atoms with van der Waals surface area (Å²) in [7, 11) is -56.9. The lowest BCUT2D eigenvalue weighted by Gasteiger charge is -2.32. The fraction of sp³-hybridized carbons (Fsp3) is 0.271. The van der Waals surface area contributed by atoms with Crippen LogP contribution in [0.3, 0.4) is 0 Å². The smallest absolute Gasteiger partial charge is 0.267 e. The van der Waals surface area contributed by atoms with Crippen molar-refractivity contribution in [3.05, 3.63) is 173 Å². The molecular weight excluding hydrogens is 1500 g/mol. The molecule has 0 bridgehead atoms. The van der Waals surface area contributed by atoms with Gasteiger partial charge in [-0.1, -0.05) is 127 Å². The Morgan fingerprint density at radius 2 is 0.468 bits per heavy atom. The quantitative estimate of drug-likeness (QED) is 0.0458. The summed E-state index contributed by atoms with van der Waals surface area (Å²) < 4.78 is 405. The number of hydrogen-bond donors (Lipinski definition) is 0. The summed E-state index contributed by atoms with van der Waals surface area (Å²) in [4.78, 5) is 3.91. The number of aryl methyl sites for hydroxylation is 7. The van der Waals surface area contributed by atoms with Crippen molar-refractivity contribution in [3.8, 4) is 0 Å². The molecular formula is C48H43F18NO18S6Si3. The Labute approximate surface area is 526 Å². The largest absolute Gasteiger partial charge is 0.522 e. The van der Waals surface area contributed by atoms with E-state index in [0.717, 1.165) is 72.8 Å². The molecule has 0 radical (unpaired) electrons. The third kappa shape index (κ3) is 18.0. The first-order valence-corrected chi connectivity index (χ1v) is 38.5. The van der Waals surface area contributed by atoms with Gasteiger partial charge in [0.2, 0.25) is 0 Å². The van der Waals surface area contributed by atoms with Crippen molar-refractivity contribution in [2.45, 2.75) is 81.5 Å². The molecule has 0 N–H and O–H groups in total. The van der Waals surface area contributed by atoms with E-state index in [2.05, 4.69) is 28.2 Å². The van der Waals surface area contributed by atoms with Crippen LogP contribution in [0.1, 0.15) is 39.2 Å². The Morgan fingerprint density at radius 3 is 0.660 bits per heavy atom. The minimum atomic E-state index is -6.62. The lowest BCUT2D eigenvalue weighted by Crippen LogP contribution is -2.67. The Morgan fingerprint density at radius 1 is 0.277 bits per heavy atom. The second kappa shape index (κ2) is 27.9. The van der Waals surface area contributed by atoms with Gasteiger partial charge in [-0.15, -0.1) is 0 Å². The lowest BCUT2D eigenvalue weighted by molar-refractivity contribution is -0.0535. The van der Waals surface area contributed by atoms with E-state index in [4.69, 9.17) is 0 Å². The number of benzene rings is 5. The molecule has 46 heteroatoms. The van der Waals surface area contributed by atoms with E-state index in [1.807, 2.05) is 0 Å². The van der Waals surface area contributed by atoms with Crippen LogP contribution in [0.5, 0.6) is 0 Å². The van der Waals surface area contributed by atoms with Crippen LogP contribution in [0, 0.1) is 48.5 Å². The van der Waals surface area contributed by atoms with Crippen LogP contribution in [-0.4, -0.2) is 114 Å². The topological polar surface area (TPSA) is 273 Å². The molecule has 1 aromatic heterocycles. The predicted octanol–water partition coefficient (Wildman–Crippen LogP) is 7.48. The van der Waals surface area contributed by atoms with Crippen LogP contribution in [0.15, 0.2) is 133 Å². The zero-order chi connectivity index (χ0) is 72.5. The van der Waals surface area contributed by atoms with Crippen molar-refractivity contribution in [3.63, 3.8) is 0 Å². The highest BCUT2D eigenvalue weighted by molar-refractivity contribution is 7.91.